The molecule has 0 unspecified atom stereocenters. The van der Waals surface area contributed by atoms with Crippen LogP contribution >= 0.6 is 0 Å². The van der Waals surface area contributed by atoms with Crippen LogP contribution in [0.3, 0.4) is 0 Å². The van der Waals surface area contributed by atoms with Gasteiger partial charge in [-0.3, -0.25) is 9.59 Å². The number of hydrogen-bond acceptors (Lipinski definition) is 2. The molecule has 0 aromatic carbocycles. The van der Waals surface area contributed by atoms with Crippen LogP contribution in [0.4, 0.5) is 0 Å². The number of aromatic nitrogens is 1. The highest BCUT2D eigenvalue weighted by Gasteiger charge is 2.33. The summed E-state index contributed by atoms with van der Waals surface area (Å²) in [6.07, 6.45) is 3.68. The highest BCUT2D eigenvalue weighted by molar-refractivity contribution is 5.80. The highest BCUT2D eigenvalue weighted by atomic mass is 16.4. The minimum Gasteiger partial charge on any atom is -0.481 e. The molecule has 2 rings (SSSR count). The molecule has 5 heteroatoms. The van der Waals surface area contributed by atoms with Crippen molar-refractivity contribution in [1.82, 2.24) is 9.88 Å². The maximum absolute atomic E-state index is 11.9. The van der Waals surface area contributed by atoms with Gasteiger partial charge >= 0.3 is 5.97 Å². The van der Waals surface area contributed by atoms with Crippen molar-refractivity contribution < 1.29 is 14.7 Å². The summed E-state index contributed by atoms with van der Waals surface area (Å²) in [5, 5.41) is 11.8. The quantitative estimate of drug-likeness (QED) is 0.841. The summed E-state index contributed by atoms with van der Waals surface area (Å²) in [4.78, 5) is 22.7. The summed E-state index contributed by atoms with van der Waals surface area (Å²) in [6, 6.07) is 3.88. The Morgan fingerprint density at radius 2 is 2.17 bits per heavy atom. The van der Waals surface area contributed by atoms with E-state index in [0.717, 1.165) is 5.69 Å². The second-order valence-electron chi connectivity index (χ2n) is 4.87. The number of aryl methyl sites for hydroxylation is 1. The van der Waals surface area contributed by atoms with E-state index in [1.807, 2.05) is 29.9 Å². The lowest BCUT2D eigenvalue weighted by Gasteiger charge is -2.11. The third kappa shape index (κ3) is 2.72. The first-order valence-electron chi connectivity index (χ1n) is 6.18. The molecule has 0 saturated heterocycles. The summed E-state index contributed by atoms with van der Waals surface area (Å²) >= 11 is 0. The smallest absolute Gasteiger partial charge is 0.306 e. The Hall–Kier alpha value is -1.78. The molecule has 18 heavy (non-hydrogen) atoms. The molecule has 1 aromatic rings. The average molecular weight is 250 g/mol. The van der Waals surface area contributed by atoms with Crippen molar-refractivity contribution in [3.8, 4) is 0 Å². The van der Waals surface area contributed by atoms with Crippen LogP contribution in [0.1, 0.15) is 25.0 Å². The molecule has 1 aliphatic rings. The number of carbonyl (C=O) groups is 2. The van der Waals surface area contributed by atoms with Gasteiger partial charge in [0.1, 0.15) is 0 Å². The van der Waals surface area contributed by atoms with Crippen molar-refractivity contribution in [1.29, 1.82) is 0 Å². The molecule has 1 heterocycles. The van der Waals surface area contributed by atoms with Crippen LogP contribution in [-0.2, 0) is 23.2 Å². The summed E-state index contributed by atoms with van der Waals surface area (Å²) in [5.41, 5.74) is 1.04. The molecule has 2 N–H and O–H groups in total. The van der Waals surface area contributed by atoms with E-state index in [1.165, 1.54) is 0 Å². The molecule has 0 radical (unpaired) electrons. The van der Waals surface area contributed by atoms with Crippen LogP contribution < -0.4 is 5.32 Å². The van der Waals surface area contributed by atoms with Gasteiger partial charge in [-0.25, -0.2) is 0 Å². The number of amides is 1. The second kappa shape index (κ2) is 5.25. The van der Waals surface area contributed by atoms with Crippen molar-refractivity contribution in [2.45, 2.75) is 25.8 Å². The average Bonchev–Trinajstić information content (AvgIpc) is 2.94. The van der Waals surface area contributed by atoms with Gasteiger partial charge in [-0.2, -0.15) is 0 Å². The van der Waals surface area contributed by atoms with Crippen LogP contribution in [0.2, 0.25) is 0 Å². The predicted octanol–water partition coefficient (Wildman–Crippen LogP) is 1.14. The zero-order valence-electron chi connectivity index (χ0n) is 10.4. The van der Waals surface area contributed by atoms with E-state index in [0.29, 0.717) is 25.8 Å². The zero-order chi connectivity index (χ0) is 13.1. The molecule has 98 valence electrons. The number of nitrogens with zero attached hydrogens (tertiary/aromatic N) is 1. The van der Waals surface area contributed by atoms with E-state index in [9.17, 15) is 9.59 Å². The van der Waals surface area contributed by atoms with E-state index in [-0.39, 0.29) is 17.7 Å². The molecule has 1 fully saturated rings. The number of nitrogens with one attached hydrogen (secondary N) is 1. The fourth-order valence-corrected chi connectivity index (χ4v) is 2.45. The third-order valence-corrected chi connectivity index (χ3v) is 3.65. The third-order valence-electron chi connectivity index (χ3n) is 3.65. The largest absolute Gasteiger partial charge is 0.481 e. The molecular weight excluding hydrogens is 232 g/mol. The number of rotatable bonds is 4. The Kier molecular flexibility index (Phi) is 3.69. The lowest BCUT2D eigenvalue weighted by atomic mass is 10.0. The molecule has 1 aromatic heterocycles. The monoisotopic (exact) mass is 250 g/mol. The Labute approximate surface area is 106 Å². The van der Waals surface area contributed by atoms with Crippen LogP contribution in [0.5, 0.6) is 0 Å². The Balaban J connectivity index is 1.83. The number of aliphatic carboxylic acids is 1. The van der Waals surface area contributed by atoms with E-state index >= 15 is 0 Å². The topological polar surface area (TPSA) is 71.3 Å². The zero-order valence-corrected chi connectivity index (χ0v) is 10.4. The minimum atomic E-state index is -0.785. The lowest BCUT2D eigenvalue weighted by Crippen LogP contribution is -2.30. The van der Waals surface area contributed by atoms with Crippen LogP contribution in [0.25, 0.3) is 0 Å². The van der Waals surface area contributed by atoms with Gasteiger partial charge in [0.25, 0.3) is 0 Å². The lowest BCUT2D eigenvalue weighted by molar-refractivity contribution is -0.141. The number of carboxylic acid groups (broad SMARTS) is 1. The fraction of sp³-hybridized carbons (Fsp3) is 0.538. The normalized spacial score (nSPS) is 22.9. The van der Waals surface area contributed by atoms with Crippen molar-refractivity contribution in [2.75, 3.05) is 0 Å². The first-order valence-corrected chi connectivity index (χ1v) is 6.18. The maximum Gasteiger partial charge on any atom is 0.306 e. The molecule has 1 aliphatic carbocycles. The Bertz CT molecular complexity index is 453. The second-order valence-corrected chi connectivity index (χ2v) is 4.87. The predicted molar refractivity (Wildman–Crippen MR) is 65.7 cm³/mol. The number of carboxylic acids is 1. The van der Waals surface area contributed by atoms with Gasteiger partial charge in [-0.05, 0) is 31.4 Å². The molecular formula is C13H18N2O3. The van der Waals surface area contributed by atoms with Gasteiger partial charge in [0.2, 0.25) is 5.91 Å². The number of carbonyl (C=O) groups excluding carboxylic acids is 1. The number of hydrogen-bond donors (Lipinski definition) is 2. The minimum absolute atomic E-state index is 0.0278. The van der Waals surface area contributed by atoms with Gasteiger partial charge in [0.05, 0.1) is 12.5 Å². The molecule has 0 bridgehead atoms. The summed E-state index contributed by atoms with van der Waals surface area (Å²) < 4.78 is 1.95. The molecule has 2 atom stereocenters. The Morgan fingerprint density at radius 3 is 2.72 bits per heavy atom. The van der Waals surface area contributed by atoms with E-state index in [2.05, 4.69) is 5.32 Å². The SMILES string of the molecule is Cn1cccc1CNC(=O)[C@@H]1CC[C@H](C(=O)O)C1. The van der Waals surface area contributed by atoms with Crippen molar-refractivity contribution in [3.05, 3.63) is 24.0 Å². The van der Waals surface area contributed by atoms with Crippen LogP contribution in [0, 0.1) is 11.8 Å². The van der Waals surface area contributed by atoms with Crippen molar-refractivity contribution in [3.63, 3.8) is 0 Å². The molecule has 0 aliphatic heterocycles. The standard InChI is InChI=1S/C13H18N2O3/c1-15-6-2-3-11(15)8-14-12(16)9-4-5-10(7-9)13(17)18/h2-3,6,9-10H,4-5,7-8H2,1H3,(H,14,16)(H,17,18)/t9-,10+/m1/s1. The van der Waals surface area contributed by atoms with Gasteiger partial charge in [-0.15, -0.1) is 0 Å². The first kappa shape index (κ1) is 12.7. The summed E-state index contributed by atoms with van der Waals surface area (Å²) in [7, 11) is 1.93. The van der Waals surface area contributed by atoms with Crippen molar-refractivity contribution in [2.24, 2.45) is 18.9 Å². The highest BCUT2D eigenvalue weighted by Crippen LogP contribution is 2.31. The van der Waals surface area contributed by atoms with E-state index in [4.69, 9.17) is 5.11 Å². The summed E-state index contributed by atoms with van der Waals surface area (Å²) in [5.74, 6) is -1.31. The van der Waals surface area contributed by atoms with Gasteiger partial charge in [0, 0.05) is 24.9 Å². The van der Waals surface area contributed by atoms with E-state index in [1.54, 1.807) is 0 Å². The molecule has 5 nitrogen and oxygen atoms in total. The van der Waals surface area contributed by atoms with Crippen LogP contribution in [-0.4, -0.2) is 21.6 Å². The van der Waals surface area contributed by atoms with E-state index < -0.39 is 5.97 Å². The van der Waals surface area contributed by atoms with Gasteiger partial charge < -0.3 is 15.0 Å². The Morgan fingerprint density at radius 1 is 1.44 bits per heavy atom. The van der Waals surface area contributed by atoms with Gasteiger partial charge in [0.15, 0.2) is 0 Å². The van der Waals surface area contributed by atoms with Crippen LogP contribution in [0.15, 0.2) is 18.3 Å². The molecule has 1 saturated carbocycles. The molecule has 1 amide bonds. The molecule has 0 spiro atoms. The fourth-order valence-electron chi connectivity index (χ4n) is 2.45. The van der Waals surface area contributed by atoms with Gasteiger partial charge in [-0.1, -0.05) is 0 Å². The summed E-state index contributed by atoms with van der Waals surface area (Å²) in [6.45, 7) is 0.497. The van der Waals surface area contributed by atoms with Crippen molar-refractivity contribution >= 4 is 11.9 Å². The first-order chi connectivity index (χ1) is 8.58. The maximum atomic E-state index is 11.9.